The Labute approximate surface area is 132 Å². The third-order valence-corrected chi connectivity index (χ3v) is 3.94. The fourth-order valence-corrected chi connectivity index (χ4v) is 2.52. The van der Waals surface area contributed by atoms with E-state index in [1.807, 2.05) is 31.2 Å². The van der Waals surface area contributed by atoms with Crippen LogP contribution in [0.5, 0.6) is 5.75 Å². The highest BCUT2D eigenvalue weighted by molar-refractivity contribution is 7.99. The van der Waals surface area contributed by atoms with Crippen molar-refractivity contribution in [2.45, 2.75) is 18.2 Å². The molecule has 0 aliphatic carbocycles. The van der Waals surface area contributed by atoms with Crippen LogP contribution >= 0.6 is 11.8 Å². The quantitative estimate of drug-likeness (QED) is 0.781. The van der Waals surface area contributed by atoms with Gasteiger partial charge in [0.15, 0.2) is 11.0 Å². The molecule has 0 radical (unpaired) electrons. The number of aromatic nitrogens is 3. The number of nitrogens with zero attached hydrogens (tertiary/aromatic N) is 3. The number of carboxylic acid groups (broad SMARTS) is 1. The van der Waals surface area contributed by atoms with Crippen LogP contribution in [0, 0.1) is 0 Å². The predicted octanol–water partition coefficient (Wildman–Crippen LogP) is 2.16. The molecule has 0 fully saturated rings. The number of ether oxygens (including phenoxy) is 2. The van der Waals surface area contributed by atoms with Gasteiger partial charge in [-0.1, -0.05) is 11.8 Å². The molecule has 22 heavy (non-hydrogen) atoms. The molecule has 0 aliphatic heterocycles. The number of carbonyl (C=O) groups is 1. The zero-order chi connectivity index (χ0) is 16.1. The van der Waals surface area contributed by atoms with Gasteiger partial charge in [-0.15, -0.1) is 10.2 Å². The van der Waals surface area contributed by atoms with Gasteiger partial charge in [-0.05, 0) is 31.2 Å². The summed E-state index contributed by atoms with van der Waals surface area (Å²) in [5.74, 6) is 0.351. The first-order chi connectivity index (χ1) is 10.6. The lowest BCUT2D eigenvalue weighted by Gasteiger charge is -2.13. The molecule has 1 unspecified atom stereocenters. The second-order valence-corrected chi connectivity index (χ2v) is 5.38. The van der Waals surface area contributed by atoms with E-state index in [0.717, 1.165) is 23.2 Å². The standard InChI is InChI=1S/C14H17N3O4S/c1-9(20-2)13-15-16-14(22-8-12(18)19)17(13)10-4-6-11(21-3)7-5-10/h4-7,9H,8H2,1-3H3,(H,18,19). The van der Waals surface area contributed by atoms with E-state index in [1.54, 1.807) is 18.8 Å². The lowest BCUT2D eigenvalue weighted by atomic mass is 10.3. The normalized spacial score (nSPS) is 12.1. The molecule has 2 rings (SSSR count). The molecule has 0 saturated carbocycles. The molecule has 7 nitrogen and oxygen atoms in total. The van der Waals surface area contributed by atoms with Crippen molar-refractivity contribution in [1.29, 1.82) is 0 Å². The molecule has 1 N–H and O–H groups in total. The van der Waals surface area contributed by atoms with Gasteiger partial charge in [0, 0.05) is 12.8 Å². The summed E-state index contributed by atoms with van der Waals surface area (Å²) in [6.07, 6.45) is -0.270. The fraction of sp³-hybridized carbons (Fsp3) is 0.357. The van der Waals surface area contributed by atoms with Gasteiger partial charge in [-0.3, -0.25) is 9.36 Å². The van der Waals surface area contributed by atoms with Crippen LogP contribution in [0.25, 0.3) is 5.69 Å². The van der Waals surface area contributed by atoms with Gasteiger partial charge in [-0.25, -0.2) is 0 Å². The fourth-order valence-electron chi connectivity index (χ4n) is 1.84. The zero-order valence-corrected chi connectivity index (χ0v) is 13.3. The second-order valence-electron chi connectivity index (χ2n) is 4.43. The van der Waals surface area contributed by atoms with Crippen molar-refractivity contribution in [2.75, 3.05) is 20.0 Å². The molecule has 1 atom stereocenters. The first-order valence-electron chi connectivity index (χ1n) is 6.54. The third-order valence-electron chi connectivity index (χ3n) is 3.03. The Balaban J connectivity index is 2.43. The molecular weight excluding hydrogens is 306 g/mol. The summed E-state index contributed by atoms with van der Waals surface area (Å²) in [6.45, 7) is 1.86. The topological polar surface area (TPSA) is 86.5 Å². The van der Waals surface area contributed by atoms with E-state index in [9.17, 15) is 4.79 Å². The molecule has 0 saturated heterocycles. The van der Waals surface area contributed by atoms with Crippen molar-refractivity contribution >= 4 is 17.7 Å². The Kier molecular flexibility index (Phi) is 5.40. The number of carboxylic acids is 1. The Morgan fingerprint density at radius 3 is 2.55 bits per heavy atom. The van der Waals surface area contributed by atoms with Crippen LogP contribution in [-0.4, -0.2) is 45.8 Å². The van der Waals surface area contributed by atoms with Crippen LogP contribution in [0.15, 0.2) is 29.4 Å². The van der Waals surface area contributed by atoms with E-state index in [0.29, 0.717) is 11.0 Å². The summed E-state index contributed by atoms with van der Waals surface area (Å²) >= 11 is 1.11. The summed E-state index contributed by atoms with van der Waals surface area (Å²) in [5.41, 5.74) is 0.817. The minimum absolute atomic E-state index is 0.0876. The highest BCUT2D eigenvalue weighted by atomic mass is 32.2. The van der Waals surface area contributed by atoms with Crippen molar-refractivity contribution in [3.8, 4) is 11.4 Å². The average Bonchev–Trinajstić information content (AvgIpc) is 2.96. The second kappa shape index (κ2) is 7.28. The third kappa shape index (κ3) is 3.58. The van der Waals surface area contributed by atoms with Gasteiger partial charge in [0.25, 0.3) is 0 Å². The molecule has 0 bridgehead atoms. The van der Waals surface area contributed by atoms with Crippen LogP contribution in [0.1, 0.15) is 18.9 Å². The van der Waals surface area contributed by atoms with Gasteiger partial charge in [0.1, 0.15) is 11.9 Å². The van der Waals surface area contributed by atoms with Crippen LogP contribution in [0.4, 0.5) is 0 Å². The van der Waals surface area contributed by atoms with Crippen molar-refractivity contribution in [3.63, 3.8) is 0 Å². The number of benzene rings is 1. The van der Waals surface area contributed by atoms with Gasteiger partial charge < -0.3 is 14.6 Å². The van der Waals surface area contributed by atoms with Crippen LogP contribution in [-0.2, 0) is 9.53 Å². The van der Waals surface area contributed by atoms with Crippen molar-refractivity contribution in [1.82, 2.24) is 14.8 Å². The summed E-state index contributed by atoms with van der Waals surface area (Å²) in [6, 6.07) is 7.36. The Bertz CT molecular complexity index is 642. The Hall–Kier alpha value is -2.06. The molecule has 1 aromatic heterocycles. The molecule has 1 heterocycles. The first-order valence-corrected chi connectivity index (χ1v) is 7.52. The maximum atomic E-state index is 10.8. The molecule has 118 valence electrons. The van der Waals surface area contributed by atoms with Gasteiger partial charge >= 0.3 is 5.97 Å². The number of hydrogen-bond acceptors (Lipinski definition) is 6. The summed E-state index contributed by atoms with van der Waals surface area (Å²) in [7, 11) is 3.18. The van der Waals surface area contributed by atoms with Gasteiger partial charge in [0.2, 0.25) is 0 Å². The Morgan fingerprint density at radius 2 is 2.00 bits per heavy atom. The average molecular weight is 323 g/mol. The van der Waals surface area contributed by atoms with E-state index in [4.69, 9.17) is 14.6 Å². The molecule has 8 heteroatoms. The maximum absolute atomic E-state index is 10.8. The van der Waals surface area contributed by atoms with E-state index >= 15 is 0 Å². The summed E-state index contributed by atoms with van der Waals surface area (Å²) in [5, 5.41) is 17.6. The lowest BCUT2D eigenvalue weighted by molar-refractivity contribution is -0.133. The van der Waals surface area contributed by atoms with Crippen molar-refractivity contribution in [3.05, 3.63) is 30.1 Å². The minimum Gasteiger partial charge on any atom is -0.497 e. The Morgan fingerprint density at radius 1 is 1.32 bits per heavy atom. The molecule has 0 spiro atoms. The first kappa shape index (κ1) is 16.3. The van der Waals surface area contributed by atoms with Crippen LogP contribution in [0.3, 0.4) is 0 Å². The summed E-state index contributed by atoms with van der Waals surface area (Å²) < 4.78 is 12.2. The smallest absolute Gasteiger partial charge is 0.313 e. The zero-order valence-electron chi connectivity index (χ0n) is 12.5. The minimum atomic E-state index is -0.907. The van der Waals surface area contributed by atoms with E-state index < -0.39 is 5.97 Å². The van der Waals surface area contributed by atoms with Gasteiger partial charge in [0.05, 0.1) is 12.9 Å². The predicted molar refractivity (Wildman–Crippen MR) is 81.7 cm³/mol. The monoisotopic (exact) mass is 323 g/mol. The molecular formula is C14H17N3O4S. The number of methoxy groups -OCH3 is 2. The molecule has 2 aromatic rings. The molecule has 0 amide bonds. The van der Waals surface area contributed by atoms with Crippen molar-refractivity contribution < 1.29 is 19.4 Å². The number of rotatable bonds is 7. The number of thioether (sulfide) groups is 1. The lowest BCUT2D eigenvalue weighted by Crippen LogP contribution is -2.08. The number of hydrogen-bond donors (Lipinski definition) is 1. The van der Waals surface area contributed by atoms with Crippen LogP contribution < -0.4 is 4.74 Å². The molecule has 0 aliphatic rings. The molecule has 1 aromatic carbocycles. The highest BCUT2D eigenvalue weighted by Crippen LogP contribution is 2.27. The van der Waals surface area contributed by atoms with E-state index in [2.05, 4.69) is 10.2 Å². The maximum Gasteiger partial charge on any atom is 0.313 e. The van der Waals surface area contributed by atoms with E-state index in [1.165, 1.54) is 0 Å². The van der Waals surface area contributed by atoms with Crippen molar-refractivity contribution in [2.24, 2.45) is 0 Å². The SMILES string of the molecule is COc1ccc(-n2c(SCC(=O)O)nnc2C(C)OC)cc1. The highest BCUT2D eigenvalue weighted by Gasteiger charge is 2.20. The van der Waals surface area contributed by atoms with Gasteiger partial charge in [-0.2, -0.15) is 0 Å². The largest absolute Gasteiger partial charge is 0.497 e. The number of aliphatic carboxylic acids is 1. The van der Waals surface area contributed by atoms with Crippen LogP contribution in [0.2, 0.25) is 0 Å². The summed E-state index contributed by atoms with van der Waals surface area (Å²) in [4.78, 5) is 10.8. The van der Waals surface area contributed by atoms with E-state index in [-0.39, 0.29) is 11.9 Å².